The molecule has 33 heavy (non-hydrogen) atoms. The molecule has 5 atom stereocenters. The number of carboxylic acids is 1. The van der Waals surface area contributed by atoms with Gasteiger partial charge in [-0.15, -0.1) is 0 Å². The van der Waals surface area contributed by atoms with E-state index in [-0.39, 0.29) is 16.3 Å². The molecule has 0 aromatic heterocycles. The lowest BCUT2D eigenvalue weighted by Gasteiger charge is -2.38. The lowest BCUT2D eigenvalue weighted by molar-refractivity contribution is -0.271. The zero-order valence-electron chi connectivity index (χ0n) is 18.3. The number of hydrogen-bond donors (Lipinski definition) is 4. The molecule has 1 aliphatic rings. The third-order valence-corrected chi connectivity index (χ3v) is 5.86. The van der Waals surface area contributed by atoms with Gasteiger partial charge in [0.1, 0.15) is 30.7 Å². The van der Waals surface area contributed by atoms with E-state index in [0.29, 0.717) is 24.2 Å². The summed E-state index contributed by atoms with van der Waals surface area (Å²) < 4.78 is 15.8. The van der Waals surface area contributed by atoms with Crippen molar-refractivity contribution in [3.05, 3.63) is 29.3 Å². The number of aliphatic carboxylic acids is 1. The van der Waals surface area contributed by atoms with Crippen molar-refractivity contribution in [1.29, 1.82) is 0 Å². The highest BCUT2D eigenvalue weighted by molar-refractivity contribution is 14.1. The van der Waals surface area contributed by atoms with Gasteiger partial charge in [-0.05, 0) is 30.2 Å². The average Bonchev–Trinajstić information content (AvgIpc) is 2.76. The molecule has 184 valence electrons. The van der Waals surface area contributed by atoms with Crippen molar-refractivity contribution < 1.29 is 49.0 Å². The molecule has 2 rings (SSSR count). The Balaban J connectivity index is 1.95. The molecule has 4 N–H and O–H groups in total. The molecule has 1 fully saturated rings. The van der Waals surface area contributed by atoms with Crippen LogP contribution in [0.15, 0.2) is 18.2 Å². The zero-order valence-corrected chi connectivity index (χ0v) is 20.4. The molecule has 1 aromatic rings. The summed E-state index contributed by atoms with van der Waals surface area (Å²) in [4.78, 5) is 37.4. The number of carbonyl (C=O) groups excluding carboxylic acids is 2. The van der Waals surface area contributed by atoms with Crippen LogP contribution in [0, 0.1) is 6.92 Å². The molecular weight excluding hydrogens is 555 g/mol. The lowest BCUT2D eigenvalue weighted by atomic mass is 9.99. The van der Waals surface area contributed by atoms with Gasteiger partial charge in [0.2, 0.25) is 6.29 Å². The van der Waals surface area contributed by atoms with Gasteiger partial charge in [0.25, 0.3) is 3.91 Å². The Hall–Kier alpha value is -2.20. The normalized spacial score (nSPS) is 24.6. The first-order valence-corrected chi connectivity index (χ1v) is 11.0. The fourth-order valence-electron chi connectivity index (χ4n) is 2.94. The number of likely N-dealkylation sites (N-methyl/N-ethyl adjacent to an activating group) is 2. The Morgan fingerprint density at radius 1 is 1.06 bits per heavy atom. The number of carboxylic acid groups (broad SMARTS) is 1. The van der Waals surface area contributed by atoms with Crippen LogP contribution in [0.1, 0.15) is 11.1 Å². The predicted octanol–water partition coefficient (Wildman–Crippen LogP) is 0.321. The number of ether oxygens (including phenoxy) is 3. The average molecular weight is 582 g/mol. The van der Waals surface area contributed by atoms with Crippen LogP contribution in [-0.4, -0.2) is 104 Å². The van der Waals surface area contributed by atoms with Gasteiger partial charge in [-0.3, -0.25) is 4.79 Å². The second-order valence-corrected chi connectivity index (χ2v) is 8.53. The zero-order chi connectivity index (χ0) is 24.9. The van der Waals surface area contributed by atoms with Gasteiger partial charge in [-0.2, -0.15) is 0 Å². The van der Waals surface area contributed by atoms with Crippen LogP contribution >= 0.6 is 22.6 Å². The molecule has 12 nitrogen and oxygen atoms in total. The molecule has 13 heteroatoms. The smallest absolute Gasteiger partial charge is 0.409 e. The fourth-order valence-corrected chi connectivity index (χ4v) is 3.18. The van der Waals surface area contributed by atoms with Crippen LogP contribution in [0.3, 0.4) is 0 Å². The maximum absolute atomic E-state index is 12.1. The first-order chi connectivity index (χ1) is 15.4. The summed E-state index contributed by atoms with van der Waals surface area (Å²) in [6.07, 6.45) is -9.10. The molecule has 1 heterocycles. The molecule has 2 amide bonds. The quantitative estimate of drug-likeness (QED) is 0.191. The van der Waals surface area contributed by atoms with Crippen LogP contribution in [0.25, 0.3) is 0 Å². The van der Waals surface area contributed by atoms with E-state index in [1.165, 1.54) is 15.9 Å². The highest BCUT2D eigenvalue weighted by atomic mass is 127. The number of aryl methyl sites for hydroxylation is 1. The van der Waals surface area contributed by atoms with E-state index in [2.05, 4.69) is 0 Å². The SMILES string of the molecule is Cc1cc(COC(=O)N(C)CCN(C)C(=O)I)ccc1O[C@@H]1O[C@H](C(=O)O)[C@@H](O)[C@H](O)[C@H]1O. The third-order valence-electron chi connectivity index (χ3n) is 5.04. The highest BCUT2D eigenvalue weighted by Crippen LogP contribution is 2.27. The van der Waals surface area contributed by atoms with Crippen molar-refractivity contribution >= 4 is 38.6 Å². The number of nitrogens with zero attached hydrogens (tertiary/aromatic N) is 2. The van der Waals surface area contributed by atoms with Crippen LogP contribution in [-0.2, 0) is 20.9 Å². The minimum atomic E-state index is -1.81. The number of benzene rings is 1. The Labute approximate surface area is 203 Å². The summed E-state index contributed by atoms with van der Waals surface area (Å²) in [7, 11) is 3.18. The molecule has 0 bridgehead atoms. The van der Waals surface area contributed by atoms with Crippen LogP contribution < -0.4 is 4.74 Å². The van der Waals surface area contributed by atoms with E-state index in [0.717, 1.165) is 0 Å². The van der Waals surface area contributed by atoms with E-state index in [1.807, 2.05) is 0 Å². The Kier molecular flexibility index (Phi) is 9.66. The van der Waals surface area contributed by atoms with E-state index in [9.17, 15) is 29.7 Å². The predicted molar refractivity (Wildman–Crippen MR) is 121 cm³/mol. The topological polar surface area (TPSA) is 166 Å². The van der Waals surface area contributed by atoms with Gasteiger partial charge in [0.15, 0.2) is 6.10 Å². The molecule has 0 aliphatic carbocycles. The van der Waals surface area contributed by atoms with Crippen molar-refractivity contribution in [2.24, 2.45) is 0 Å². The first kappa shape index (κ1) is 27.0. The van der Waals surface area contributed by atoms with Crippen molar-refractivity contribution in [1.82, 2.24) is 9.80 Å². The van der Waals surface area contributed by atoms with Crippen LogP contribution in [0.5, 0.6) is 5.75 Å². The summed E-state index contributed by atoms with van der Waals surface area (Å²) in [5, 5.41) is 38.8. The van der Waals surface area contributed by atoms with Crippen molar-refractivity contribution in [2.45, 2.75) is 44.2 Å². The van der Waals surface area contributed by atoms with E-state index >= 15 is 0 Å². The van der Waals surface area contributed by atoms with Gasteiger partial charge in [-0.1, -0.05) is 6.07 Å². The summed E-state index contributed by atoms with van der Waals surface area (Å²) >= 11 is 1.66. The number of halogens is 1. The van der Waals surface area contributed by atoms with E-state index in [4.69, 9.17) is 19.3 Å². The fraction of sp³-hybridized carbons (Fsp3) is 0.550. The standard InChI is InChI=1S/C20H27IN2O10/c1-10-8-11(9-31-20(30)23(3)7-6-22(2)19(21)29)4-5-12(10)32-18-15(26)13(24)14(25)16(33-18)17(27)28/h4-5,8,13-16,18,24-26H,6-7,9H2,1-3H3,(H,27,28)/t13-,14-,15+,16-,18+/m0/s1. The van der Waals surface area contributed by atoms with Gasteiger partial charge in [0, 0.05) is 49.8 Å². The molecule has 0 radical (unpaired) electrons. The number of carbonyl (C=O) groups is 3. The first-order valence-electron chi connectivity index (χ1n) is 9.89. The van der Waals surface area contributed by atoms with Gasteiger partial charge in [0.05, 0.1) is 0 Å². The largest absolute Gasteiger partial charge is 0.479 e. The Bertz CT molecular complexity index is 869. The van der Waals surface area contributed by atoms with Gasteiger partial charge < -0.3 is 44.4 Å². The van der Waals surface area contributed by atoms with Crippen LogP contribution in [0.4, 0.5) is 9.59 Å². The number of aliphatic hydroxyl groups excluding tert-OH is 3. The maximum atomic E-state index is 12.1. The van der Waals surface area contributed by atoms with Gasteiger partial charge >= 0.3 is 12.1 Å². The second kappa shape index (κ2) is 11.8. The summed E-state index contributed by atoms with van der Waals surface area (Å²) in [5.74, 6) is -1.26. The van der Waals surface area contributed by atoms with Crippen LogP contribution in [0.2, 0.25) is 0 Å². The monoisotopic (exact) mass is 582 g/mol. The van der Waals surface area contributed by atoms with E-state index < -0.39 is 42.8 Å². The number of amides is 2. The molecule has 1 aromatic carbocycles. The molecular formula is C20H27IN2O10. The Morgan fingerprint density at radius 2 is 1.70 bits per heavy atom. The third kappa shape index (κ3) is 7.14. The lowest BCUT2D eigenvalue weighted by Crippen LogP contribution is -2.61. The van der Waals surface area contributed by atoms with E-state index in [1.54, 1.807) is 55.7 Å². The van der Waals surface area contributed by atoms with Crippen molar-refractivity contribution in [3.63, 3.8) is 0 Å². The highest BCUT2D eigenvalue weighted by Gasteiger charge is 2.48. The minimum Gasteiger partial charge on any atom is -0.479 e. The Morgan fingerprint density at radius 3 is 2.27 bits per heavy atom. The number of aliphatic hydroxyl groups is 3. The number of hydrogen-bond acceptors (Lipinski definition) is 9. The summed E-state index contributed by atoms with van der Waals surface area (Å²) in [5.41, 5.74) is 1.22. The van der Waals surface area contributed by atoms with Crippen molar-refractivity contribution in [2.75, 3.05) is 27.2 Å². The van der Waals surface area contributed by atoms with Gasteiger partial charge in [-0.25, -0.2) is 9.59 Å². The molecule has 0 spiro atoms. The second-order valence-electron chi connectivity index (χ2n) is 7.60. The molecule has 0 unspecified atom stereocenters. The summed E-state index contributed by atoms with van der Waals surface area (Å²) in [6, 6.07) is 4.79. The summed E-state index contributed by atoms with van der Waals surface area (Å²) in [6.45, 7) is 2.32. The minimum absolute atomic E-state index is 0.0279. The molecule has 1 saturated heterocycles. The molecule has 1 aliphatic heterocycles. The number of rotatable bonds is 8. The van der Waals surface area contributed by atoms with Crippen molar-refractivity contribution in [3.8, 4) is 5.75 Å². The molecule has 0 saturated carbocycles. The maximum Gasteiger partial charge on any atom is 0.409 e.